The van der Waals surface area contributed by atoms with Crippen molar-refractivity contribution >= 4 is 23.1 Å². The molecule has 1 amide bonds. The monoisotopic (exact) mass is 447 g/mol. The van der Waals surface area contributed by atoms with Crippen LogP contribution < -0.4 is 14.4 Å². The number of halogens is 1. The number of carbonyl (C=O) groups excluding carboxylic acids is 2. The summed E-state index contributed by atoms with van der Waals surface area (Å²) >= 11 is 0. The molecule has 1 aliphatic heterocycles. The van der Waals surface area contributed by atoms with E-state index in [2.05, 4.69) is 0 Å². The normalized spacial score (nSPS) is 17.3. The number of hydrogen-bond acceptors (Lipinski definition) is 5. The van der Waals surface area contributed by atoms with Crippen LogP contribution >= 0.6 is 0 Å². The van der Waals surface area contributed by atoms with Gasteiger partial charge in [-0.15, -0.1) is 0 Å². The topological polar surface area (TPSA) is 76.1 Å². The molecule has 168 valence electrons. The largest absolute Gasteiger partial charge is 0.506 e. The molecule has 6 nitrogen and oxygen atoms in total. The van der Waals surface area contributed by atoms with E-state index in [0.29, 0.717) is 5.69 Å². The molecule has 0 bridgehead atoms. The highest BCUT2D eigenvalue weighted by molar-refractivity contribution is 6.51. The number of nitrogens with zero attached hydrogens (tertiary/aromatic N) is 1. The summed E-state index contributed by atoms with van der Waals surface area (Å²) in [6, 6.07) is 16.5. The Bertz CT molecular complexity index is 1260. The van der Waals surface area contributed by atoms with Crippen molar-refractivity contribution in [1.29, 1.82) is 0 Å². The zero-order valence-corrected chi connectivity index (χ0v) is 18.3. The quantitative estimate of drug-likeness (QED) is 0.346. The van der Waals surface area contributed by atoms with E-state index >= 15 is 0 Å². The first kappa shape index (κ1) is 22.1. The summed E-state index contributed by atoms with van der Waals surface area (Å²) in [6.07, 6.45) is 0. The van der Waals surface area contributed by atoms with Gasteiger partial charge in [-0.05, 0) is 42.8 Å². The maximum absolute atomic E-state index is 15.0. The predicted molar refractivity (Wildman–Crippen MR) is 122 cm³/mol. The molecule has 33 heavy (non-hydrogen) atoms. The molecule has 1 unspecified atom stereocenters. The van der Waals surface area contributed by atoms with E-state index in [1.165, 1.54) is 37.3 Å². The highest BCUT2D eigenvalue weighted by atomic mass is 19.1. The Morgan fingerprint density at radius 3 is 2.18 bits per heavy atom. The van der Waals surface area contributed by atoms with Crippen molar-refractivity contribution in [2.45, 2.75) is 13.0 Å². The van der Waals surface area contributed by atoms with Crippen molar-refractivity contribution in [2.24, 2.45) is 0 Å². The molecule has 1 heterocycles. The molecule has 3 aromatic rings. The predicted octanol–water partition coefficient (Wildman–Crippen LogP) is 4.78. The van der Waals surface area contributed by atoms with Crippen molar-refractivity contribution in [3.63, 3.8) is 0 Å². The molecule has 0 aliphatic carbocycles. The van der Waals surface area contributed by atoms with E-state index in [9.17, 15) is 19.1 Å². The van der Waals surface area contributed by atoms with Crippen molar-refractivity contribution in [1.82, 2.24) is 0 Å². The number of aryl methyl sites for hydroxylation is 1. The molecular weight excluding hydrogens is 425 g/mol. The molecule has 3 aromatic carbocycles. The third kappa shape index (κ3) is 3.71. The number of anilines is 1. The lowest BCUT2D eigenvalue weighted by atomic mass is 9.94. The molecule has 0 saturated carbocycles. The van der Waals surface area contributed by atoms with E-state index in [-0.39, 0.29) is 28.2 Å². The molecule has 4 rings (SSSR count). The van der Waals surface area contributed by atoms with Crippen molar-refractivity contribution < 1.29 is 28.6 Å². The van der Waals surface area contributed by atoms with Crippen LogP contribution in [0.1, 0.15) is 22.7 Å². The summed E-state index contributed by atoms with van der Waals surface area (Å²) in [4.78, 5) is 27.7. The van der Waals surface area contributed by atoms with Gasteiger partial charge in [-0.3, -0.25) is 14.5 Å². The maximum Gasteiger partial charge on any atom is 0.300 e. The molecule has 1 aliphatic rings. The Balaban J connectivity index is 2.04. The average molecular weight is 447 g/mol. The van der Waals surface area contributed by atoms with Crippen LogP contribution in [-0.2, 0) is 9.59 Å². The van der Waals surface area contributed by atoms with Gasteiger partial charge < -0.3 is 14.6 Å². The summed E-state index contributed by atoms with van der Waals surface area (Å²) in [6.45, 7) is 1.85. The van der Waals surface area contributed by atoms with Gasteiger partial charge in [-0.2, -0.15) is 0 Å². The Labute approximate surface area is 190 Å². The molecular formula is C26H22FNO5. The first-order valence-corrected chi connectivity index (χ1v) is 10.2. The minimum absolute atomic E-state index is 0.0774. The number of ether oxygens (including phenoxy) is 2. The molecule has 7 heteroatoms. The van der Waals surface area contributed by atoms with Crippen LogP contribution in [-0.4, -0.2) is 31.0 Å². The van der Waals surface area contributed by atoms with E-state index in [1.54, 1.807) is 42.5 Å². The second kappa shape index (κ2) is 8.78. The Hall–Kier alpha value is -4.13. The molecule has 1 fully saturated rings. The highest BCUT2D eigenvalue weighted by Crippen LogP contribution is 2.45. The van der Waals surface area contributed by atoms with Gasteiger partial charge >= 0.3 is 0 Å². The fourth-order valence-corrected chi connectivity index (χ4v) is 4.09. The van der Waals surface area contributed by atoms with Crippen molar-refractivity contribution in [3.05, 3.63) is 94.8 Å². The minimum Gasteiger partial charge on any atom is -0.506 e. The minimum atomic E-state index is -1.19. The number of methoxy groups -OCH3 is 2. The van der Waals surface area contributed by atoms with Crippen LogP contribution in [0.25, 0.3) is 5.76 Å². The van der Waals surface area contributed by atoms with E-state index in [4.69, 9.17) is 9.47 Å². The van der Waals surface area contributed by atoms with Crippen LogP contribution in [0, 0.1) is 12.7 Å². The lowest BCUT2D eigenvalue weighted by molar-refractivity contribution is -0.132. The summed E-state index contributed by atoms with van der Waals surface area (Å²) < 4.78 is 25.7. The third-order valence-electron chi connectivity index (χ3n) is 5.59. The molecule has 1 N–H and O–H groups in total. The average Bonchev–Trinajstić information content (AvgIpc) is 3.08. The van der Waals surface area contributed by atoms with Crippen molar-refractivity contribution in [2.75, 3.05) is 19.1 Å². The number of carbonyl (C=O) groups is 2. The Morgan fingerprint density at radius 1 is 0.939 bits per heavy atom. The second-order valence-corrected chi connectivity index (χ2v) is 7.57. The van der Waals surface area contributed by atoms with Crippen LogP contribution in [0.2, 0.25) is 0 Å². The number of Topliss-reactive ketones (excluding diaryl/α,β-unsaturated/α-hetero) is 1. The van der Waals surface area contributed by atoms with Crippen LogP contribution in [0.3, 0.4) is 0 Å². The lowest BCUT2D eigenvalue weighted by Crippen LogP contribution is -2.29. The van der Waals surface area contributed by atoms with E-state index in [0.717, 1.165) is 5.56 Å². The maximum atomic E-state index is 15.0. The highest BCUT2D eigenvalue weighted by Gasteiger charge is 2.48. The van der Waals surface area contributed by atoms with Gasteiger partial charge in [0.2, 0.25) is 0 Å². The number of hydrogen-bond donors (Lipinski definition) is 1. The van der Waals surface area contributed by atoms with Gasteiger partial charge in [0.05, 0.1) is 25.8 Å². The molecule has 0 radical (unpaired) electrons. The fraction of sp³-hybridized carbons (Fsp3) is 0.154. The number of ketones is 1. The third-order valence-corrected chi connectivity index (χ3v) is 5.59. The van der Waals surface area contributed by atoms with E-state index in [1.807, 2.05) is 13.0 Å². The van der Waals surface area contributed by atoms with Gasteiger partial charge in [0, 0.05) is 11.3 Å². The SMILES string of the molecule is COc1cccc(OC)c1/C(O)=C1\C(=O)C(=O)N(c2cccc(C)c2)C1c1ccccc1F. The number of amides is 1. The van der Waals surface area contributed by atoms with Gasteiger partial charge in [0.1, 0.15) is 28.6 Å². The summed E-state index contributed by atoms with van der Waals surface area (Å²) in [5.41, 5.74) is 1.19. The van der Waals surface area contributed by atoms with Gasteiger partial charge in [0.25, 0.3) is 11.7 Å². The Morgan fingerprint density at radius 2 is 1.58 bits per heavy atom. The smallest absolute Gasteiger partial charge is 0.300 e. The van der Waals surface area contributed by atoms with Gasteiger partial charge in [-0.25, -0.2) is 4.39 Å². The van der Waals surface area contributed by atoms with Crippen LogP contribution in [0.5, 0.6) is 11.5 Å². The van der Waals surface area contributed by atoms with Crippen LogP contribution in [0.15, 0.2) is 72.3 Å². The first-order valence-electron chi connectivity index (χ1n) is 10.2. The van der Waals surface area contributed by atoms with E-state index < -0.39 is 29.3 Å². The lowest BCUT2D eigenvalue weighted by Gasteiger charge is -2.26. The Kier molecular flexibility index (Phi) is 5.87. The standard InChI is InChI=1S/C26H22FNO5/c1-15-8-6-9-16(14-15)28-23(17-10-4-5-11-18(17)27)22(25(30)26(28)31)24(29)21-19(32-2)12-7-13-20(21)33-3/h4-14,23,29H,1-3H3/b24-22+. The van der Waals surface area contributed by atoms with Gasteiger partial charge in [-0.1, -0.05) is 36.4 Å². The first-order chi connectivity index (χ1) is 15.9. The number of aliphatic hydroxyl groups excluding tert-OH is 1. The molecule has 0 aromatic heterocycles. The number of rotatable bonds is 5. The van der Waals surface area contributed by atoms with Crippen molar-refractivity contribution in [3.8, 4) is 11.5 Å². The molecule has 1 atom stereocenters. The number of aliphatic hydroxyl groups is 1. The van der Waals surface area contributed by atoms with Crippen LogP contribution in [0.4, 0.5) is 10.1 Å². The summed E-state index contributed by atoms with van der Waals surface area (Å²) in [5, 5.41) is 11.4. The molecule has 0 spiro atoms. The zero-order valence-electron chi connectivity index (χ0n) is 18.3. The molecule has 1 saturated heterocycles. The number of benzene rings is 3. The zero-order chi connectivity index (χ0) is 23.7. The summed E-state index contributed by atoms with van der Waals surface area (Å²) in [5.74, 6) is -2.45. The second-order valence-electron chi connectivity index (χ2n) is 7.57. The van der Waals surface area contributed by atoms with Gasteiger partial charge in [0.15, 0.2) is 0 Å². The fourth-order valence-electron chi connectivity index (χ4n) is 4.09. The summed E-state index contributed by atoms with van der Waals surface area (Å²) in [7, 11) is 2.82.